The summed E-state index contributed by atoms with van der Waals surface area (Å²) in [4.78, 5) is 12.4. The van der Waals surface area contributed by atoms with Crippen molar-refractivity contribution in [1.29, 1.82) is 0 Å². The molecule has 0 radical (unpaired) electrons. The lowest BCUT2D eigenvalue weighted by atomic mass is 10.0. The van der Waals surface area contributed by atoms with E-state index in [1.807, 2.05) is 6.08 Å². The SMILES string of the molecule is CC/C=C\C/C=C\C/C=C\C/C=C\CCCCCCCCCCCCCCCCCCC(=O)NC(CO)C(O)/C=C/CC/C=C/CC/C=C/CCCC. The minimum atomic E-state index is -0.871. The van der Waals surface area contributed by atoms with Crippen LogP contribution in [0.4, 0.5) is 0 Å². The lowest BCUT2D eigenvalue weighted by molar-refractivity contribution is -0.123. The summed E-state index contributed by atoms with van der Waals surface area (Å²) in [6, 6.07) is -0.647. The van der Waals surface area contributed by atoms with E-state index in [0.717, 1.165) is 64.2 Å². The Morgan fingerprint density at radius 3 is 1.32 bits per heavy atom. The Morgan fingerprint density at radius 2 is 0.849 bits per heavy atom. The lowest BCUT2D eigenvalue weighted by Crippen LogP contribution is -2.45. The van der Waals surface area contributed by atoms with Gasteiger partial charge in [0.1, 0.15) is 0 Å². The Kier molecular flexibility index (Phi) is 42.0. The largest absolute Gasteiger partial charge is 0.394 e. The van der Waals surface area contributed by atoms with Crippen LogP contribution in [0, 0.1) is 0 Å². The van der Waals surface area contributed by atoms with E-state index < -0.39 is 12.1 Å². The van der Waals surface area contributed by atoms with E-state index in [9.17, 15) is 15.0 Å². The van der Waals surface area contributed by atoms with Gasteiger partial charge in [-0.05, 0) is 77.0 Å². The predicted molar refractivity (Wildman–Crippen MR) is 234 cm³/mol. The number of aliphatic hydroxyl groups excluding tert-OH is 2. The molecule has 4 nitrogen and oxygen atoms in total. The third kappa shape index (κ3) is 40.6. The molecular weight excluding hydrogens is 651 g/mol. The molecule has 2 atom stereocenters. The zero-order chi connectivity index (χ0) is 38.6. The van der Waals surface area contributed by atoms with Crippen LogP contribution in [0.2, 0.25) is 0 Å². The normalized spacial score (nSPS) is 13.8. The maximum Gasteiger partial charge on any atom is 0.220 e. The molecule has 0 saturated heterocycles. The van der Waals surface area contributed by atoms with Crippen LogP contribution in [-0.2, 0) is 4.79 Å². The second kappa shape index (κ2) is 44.0. The van der Waals surface area contributed by atoms with Crippen molar-refractivity contribution in [3.63, 3.8) is 0 Å². The molecule has 0 aliphatic carbocycles. The summed E-state index contributed by atoms with van der Waals surface area (Å²) in [6.45, 7) is 4.12. The molecule has 4 heteroatoms. The second-order valence-electron chi connectivity index (χ2n) is 14.7. The summed E-state index contributed by atoms with van der Waals surface area (Å²) in [6.07, 6.45) is 64.2. The molecule has 0 heterocycles. The van der Waals surface area contributed by atoms with Crippen molar-refractivity contribution in [3.8, 4) is 0 Å². The van der Waals surface area contributed by atoms with Crippen molar-refractivity contribution in [2.45, 2.75) is 212 Å². The van der Waals surface area contributed by atoms with Gasteiger partial charge in [0.15, 0.2) is 0 Å². The van der Waals surface area contributed by atoms with Crippen LogP contribution in [-0.4, -0.2) is 34.9 Å². The van der Waals surface area contributed by atoms with Gasteiger partial charge >= 0.3 is 0 Å². The minimum absolute atomic E-state index is 0.0825. The molecule has 3 N–H and O–H groups in total. The van der Waals surface area contributed by atoms with E-state index in [-0.39, 0.29) is 12.5 Å². The molecule has 0 aromatic carbocycles. The number of amides is 1. The number of hydrogen-bond acceptors (Lipinski definition) is 3. The average Bonchev–Trinajstić information content (AvgIpc) is 3.16. The molecule has 0 saturated carbocycles. The van der Waals surface area contributed by atoms with Crippen molar-refractivity contribution in [2.24, 2.45) is 0 Å². The first-order chi connectivity index (χ1) is 26.2. The number of nitrogens with one attached hydrogen (secondary N) is 1. The number of unbranched alkanes of at least 4 members (excludes halogenated alkanes) is 20. The number of allylic oxidation sites excluding steroid dienone is 13. The minimum Gasteiger partial charge on any atom is -0.394 e. The summed E-state index contributed by atoms with van der Waals surface area (Å²) >= 11 is 0. The number of hydrogen-bond donors (Lipinski definition) is 3. The molecule has 0 aliphatic rings. The van der Waals surface area contributed by atoms with Crippen molar-refractivity contribution < 1.29 is 15.0 Å². The number of carbonyl (C=O) groups excluding carboxylic acids is 1. The first-order valence-corrected chi connectivity index (χ1v) is 22.3. The predicted octanol–water partition coefficient (Wildman–Crippen LogP) is 14.1. The van der Waals surface area contributed by atoms with Crippen LogP contribution in [0.1, 0.15) is 200 Å². The third-order valence-electron chi connectivity index (χ3n) is 9.59. The molecule has 2 unspecified atom stereocenters. The number of carbonyl (C=O) groups is 1. The maximum atomic E-state index is 12.4. The fourth-order valence-electron chi connectivity index (χ4n) is 6.19. The lowest BCUT2D eigenvalue weighted by Gasteiger charge is -2.19. The fourth-order valence-corrected chi connectivity index (χ4v) is 6.19. The van der Waals surface area contributed by atoms with Crippen LogP contribution in [0.25, 0.3) is 0 Å². The highest BCUT2D eigenvalue weighted by molar-refractivity contribution is 5.76. The van der Waals surface area contributed by atoms with E-state index in [1.165, 1.54) is 116 Å². The Balaban J connectivity index is 3.54. The van der Waals surface area contributed by atoms with Crippen LogP contribution < -0.4 is 5.32 Å². The van der Waals surface area contributed by atoms with Gasteiger partial charge in [-0.15, -0.1) is 0 Å². The van der Waals surface area contributed by atoms with Gasteiger partial charge in [-0.1, -0.05) is 202 Å². The molecule has 53 heavy (non-hydrogen) atoms. The molecule has 0 aliphatic heterocycles. The summed E-state index contributed by atoms with van der Waals surface area (Å²) in [5.41, 5.74) is 0. The van der Waals surface area contributed by atoms with Crippen molar-refractivity contribution in [2.75, 3.05) is 6.61 Å². The van der Waals surface area contributed by atoms with Crippen molar-refractivity contribution in [3.05, 3.63) is 85.1 Å². The molecule has 304 valence electrons. The number of aliphatic hydroxyl groups is 2. The number of rotatable bonds is 39. The van der Waals surface area contributed by atoms with Gasteiger partial charge in [-0.3, -0.25) is 4.79 Å². The van der Waals surface area contributed by atoms with Gasteiger partial charge in [-0.25, -0.2) is 0 Å². The van der Waals surface area contributed by atoms with Gasteiger partial charge in [0.05, 0.1) is 18.8 Å². The fraction of sp³-hybridized carbons (Fsp3) is 0.694. The topological polar surface area (TPSA) is 69.6 Å². The van der Waals surface area contributed by atoms with E-state index in [2.05, 4.69) is 92.1 Å². The molecule has 0 spiro atoms. The summed E-state index contributed by atoms with van der Waals surface area (Å²) in [5, 5.41) is 22.9. The van der Waals surface area contributed by atoms with Crippen LogP contribution in [0.15, 0.2) is 85.1 Å². The highest BCUT2D eigenvalue weighted by Crippen LogP contribution is 2.15. The van der Waals surface area contributed by atoms with E-state index in [4.69, 9.17) is 0 Å². The molecule has 1 amide bonds. The quantitative estimate of drug-likeness (QED) is 0.0435. The Morgan fingerprint density at radius 1 is 0.472 bits per heavy atom. The van der Waals surface area contributed by atoms with Crippen molar-refractivity contribution >= 4 is 5.91 Å². The zero-order valence-electron chi connectivity index (χ0n) is 34.8. The maximum absolute atomic E-state index is 12.4. The molecule has 0 rings (SSSR count). The smallest absolute Gasteiger partial charge is 0.220 e. The second-order valence-corrected chi connectivity index (χ2v) is 14.7. The first kappa shape index (κ1) is 50.6. The summed E-state index contributed by atoms with van der Waals surface area (Å²) in [5.74, 6) is -0.0825. The molecule has 0 aromatic rings. The van der Waals surface area contributed by atoms with Gasteiger partial charge < -0.3 is 15.5 Å². The standard InChI is InChI=1S/C49H85NO3/c1-3-5-7-9-11-13-15-17-18-19-20-21-22-23-24-25-26-27-28-29-30-31-32-33-35-37-39-41-43-45-49(53)50-47(46-51)48(52)44-42-40-38-36-34-16-14-12-10-8-6-4-2/h5,7,10-13,17-18,20-21,34,36,42,44,47-48,51-52H,3-4,6,8-9,14-16,19,22-33,35,37-41,43,45-46H2,1-2H3,(H,50,53)/b7-5-,12-10+,13-11-,18-17-,21-20-,36-34+,44-42+. The van der Waals surface area contributed by atoms with E-state index in [1.54, 1.807) is 6.08 Å². The van der Waals surface area contributed by atoms with Gasteiger partial charge in [0, 0.05) is 6.42 Å². The summed E-state index contributed by atoms with van der Waals surface area (Å²) in [7, 11) is 0. The van der Waals surface area contributed by atoms with E-state index >= 15 is 0 Å². The van der Waals surface area contributed by atoms with Crippen LogP contribution >= 0.6 is 0 Å². The Bertz CT molecular complexity index is 972. The zero-order valence-corrected chi connectivity index (χ0v) is 34.8. The molecule has 0 bridgehead atoms. The Labute approximate surface area is 329 Å². The van der Waals surface area contributed by atoms with Crippen LogP contribution in [0.5, 0.6) is 0 Å². The monoisotopic (exact) mass is 736 g/mol. The van der Waals surface area contributed by atoms with Crippen LogP contribution in [0.3, 0.4) is 0 Å². The molecular formula is C49H85NO3. The Hall–Kier alpha value is -2.43. The first-order valence-electron chi connectivity index (χ1n) is 22.3. The van der Waals surface area contributed by atoms with Gasteiger partial charge in [-0.2, -0.15) is 0 Å². The molecule has 0 aromatic heterocycles. The van der Waals surface area contributed by atoms with Gasteiger partial charge in [0.25, 0.3) is 0 Å². The third-order valence-corrected chi connectivity index (χ3v) is 9.59. The van der Waals surface area contributed by atoms with E-state index in [0.29, 0.717) is 6.42 Å². The average molecular weight is 736 g/mol. The van der Waals surface area contributed by atoms with Crippen molar-refractivity contribution in [1.82, 2.24) is 5.32 Å². The summed E-state index contributed by atoms with van der Waals surface area (Å²) < 4.78 is 0. The molecule has 0 fully saturated rings. The highest BCUT2D eigenvalue weighted by Gasteiger charge is 2.17. The highest BCUT2D eigenvalue weighted by atomic mass is 16.3. The van der Waals surface area contributed by atoms with Gasteiger partial charge in [0.2, 0.25) is 5.91 Å².